The summed E-state index contributed by atoms with van der Waals surface area (Å²) in [5.41, 5.74) is 0. The minimum atomic E-state index is 0.738. The van der Waals surface area contributed by atoms with Gasteiger partial charge in [0.05, 0.1) is 0 Å². The van der Waals surface area contributed by atoms with Crippen LogP contribution in [0, 0.1) is 0 Å². The molecule has 1 aromatic carbocycles. The number of aryl methyl sites for hydroxylation is 1. The Kier molecular flexibility index (Phi) is 5.05. The van der Waals surface area contributed by atoms with Gasteiger partial charge in [-0.2, -0.15) is 0 Å². The third-order valence-electron chi connectivity index (χ3n) is 2.50. The lowest BCUT2D eigenvalue weighted by Gasteiger charge is -2.07. The molecule has 0 aliphatic carbocycles. The van der Waals surface area contributed by atoms with Crippen LogP contribution in [0.4, 0.5) is 5.82 Å². The first-order valence-corrected chi connectivity index (χ1v) is 7.40. The summed E-state index contributed by atoms with van der Waals surface area (Å²) in [6, 6.07) is 9.72. The van der Waals surface area contributed by atoms with Gasteiger partial charge >= 0.3 is 0 Å². The zero-order valence-corrected chi connectivity index (χ0v) is 12.6. The van der Waals surface area contributed by atoms with Crippen LogP contribution in [0.1, 0.15) is 19.2 Å². The maximum Gasteiger partial charge on any atom is 0.132 e. The zero-order chi connectivity index (χ0) is 13.7. The summed E-state index contributed by atoms with van der Waals surface area (Å²) in [6.45, 7) is 2.12. The molecule has 3 nitrogen and oxygen atoms in total. The van der Waals surface area contributed by atoms with Crippen LogP contribution in [0.2, 0.25) is 5.02 Å². The fourth-order valence-electron chi connectivity index (χ4n) is 1.64. The number of aromatic nitrogens is 2. The molecule has 19 heavy (non-hydrogen) atoms. The highest BCUT2D eigenvalue weighted by Crippen LogP contribution is 2.29. The molecule has 0 radical (unpaired) electrons. The summed E-state index contributed by atoms with van der Waals surface area (Å²) in [4.78, 5) is 10.1. The van der Waals surface area contributed by atoms with Gasteiger partial charge in [-0.25, -0.2) is 9.97 Å². The van der Waals surface area contributed by atoms with Crippen molar-refractivity contribution in [2.24, 2.45) is 0 Å². The van der Waals surface area contributed by atoms with Crippen molar-refractivity contribution in [3.63, 3.8) is 0 Å². The number of rotatable bonds is 5. The van der Waals surface area contributed by atoms with E-state index in [2.05, 4.69) is 22.2 Å². The Morgan fingerprint density at radius 2 is 2.11 bits per heavy atom. The van der Waals surface area contributed by atoms with Crippen molar-refractivity contribution in [3.8, 4) is 0 Å². The van der Waals surface area contributed by atoms with Crippen LogP contribution in [-0.4, -0.2) is 17.0 Å². The van der Waals surface area contributed by atoms with Gasteiger partial charge in [-0.3, -0.25) is 0 Å². The van der Waals surface area contributed by atoms with Crippen LogP contribution in [0.25, 0.3) is 0 Å². The molecule has 1 aromatic heterocycles. The summed E-state index contributed by atoms with van der Waals surface area (Å²) >= 11 is 7.59. The summed E-state index contributed by atoms with van der Waals surface area (Å²) < 4.78 is 0. The van der Waals surface area contributed by atoms with E-state index in [0.717, 1.165) is 39.4 Å². The molecule has 0 saturated carbocycles. The van der Waals surface area contributed by atoms with E-state index >= 15 is 0 Å². The van der Waals surface area contributed by atoms with Crippen LogP contribution < -0.4 is 5.32 Å². The van der Waals surface area contributed by atoms with Crippen molar-refractivity contribution in [2.45, 2.75) is 29.7 Å². The monoisotopic (exact) mass is 293 g/mol. The highest BCUT2D eigenvalue weighted by atomic mass is 35.5. The Morgan fingerprint density at radius 1 is 1.26 bits per heavy atom. The second-order valence-electron chi connectivity index (χ2n) is 4.07. The smallest absolute Gasteiger partial charge is 0.132 e. The molecule has 0 spiro atoms. The molecule has 1 N–H and O–H groups in total. The van der Waals surface area contributed by atoms with Gasteiger partial charge in [-0.15, -0.1) is 0 Å². The van der Waals surface area contributed by atoms with E-state index < -0.39 is 0 Å². The standard InChI is InChI=1S/C14H16ClN3S/c1-3-5-12-17-13(16-2)9-14(18-12)19-11-7-4-6-10(15)8-11/h4,6-9H,3,5H2,1-2H3,(H,16,17,18). The lowest BCUT2D eigenvalue weighted by molar-refractivity contribution is 0.811. The molecule has 0 unspecified atom stereocenters. The molecular weight excluding hydrogens is 278 g/mol. The van der Waals surface area contributed by atoms with Gasteiger partial charge in [0.2, 0.25) is 0 Å². The first kappa shape index (κ1) is 14.2. The fraction of sp³-hybridized carbons (Fsp3) is 0.286. The van der Waals surface area contributed by atoms with Crippen molar-refractivity contribution >= 4 is 29.2 Å². The van der Waals surface area contributed by atoms with Gasteiger partial charge < -0.3 is 5.32 Å². The molecule has 0 bridgehead atoms. The highest BCUT2D eigenvalue weighted by Gasteiger charge is 2.05. The minimum absolute atomic E-state index is 0.738. The van der Waals surface area contributed by atoms with E-state index in [1.165, 1.54) is 0 Å². The second-order valence-corrected chi connectivity index (χ2v) is 5.60. The Labute approximate surface area is 122 Å². The van der Waals surface area contributed by atoms with Crippen LogP contribution in [0.15, 0.2) is 40.3 Å². The number of hydrogen-bond donors (Lipinski definition) is 1. The lowest BCUT2D eigenvalue weighted by Crippen LogP contribution is -2.01. The van der Waals surface area contributed by atoms with Crippen molar-refractivity contribution in [3.05, 3.63) is 41.2 Å². The summed E-state index contributed by atoms with van der Waals surface area (Å²) in [5, 5.41) is 4.75. The first-order valence-electron chi connectivity index (χ1n) is 6.20. The van der Waals surface area contributed by atoms with Crippen molar-refractivity contribution in [2.75, 3.05) is 12.4 Å². The third-order valence-corrected chi connectivity index (χ3v) is 3.64. The Hall–Kier alpha value is -1.26. The summed E-state index contributed by atoms with van der Waals surface area (Å²) in [7, 11) is 1.87. The molecule has 100 valence electrons. The van der Waals surface area contributed by atoms with E-state index in [9.17, 15) is 0 Å². The Balaban J connectivity index is 2.26. The van der Waals surface area contributed by atoms with Gasteiger partial charge in [0.1, 0.15) is 16.7 Å². The van der Waals surface area contributed by atoms with E-state index in [0.29, 0.717) is 0 Å². The molecular formula is C14H16ClN3S. The van der Waals surface area contributed by atoms with Gasteiger partial charge in [0.15, 0.2) is 0 Å². The molecule has 0 saturated heterocycles. The molecule has 0 fully saturated rings. The van der Waals surface area contributed by atoms with Gasteiger partial charge in [-0.1, -0.05) is 36.4 Å². The summed E-state index contributed by atoms with van der Waals surface area (Å²) in [5.74, 6) is 1.72. The normalized spacial score (nSPS) is 10.5. The second kappa shape index (κ2) is 6.78. The quantitative estimate of drug-likeness (QED) is 0.835. The predicted molar refractivity (Wildman–Crippen MR) is 81.1 cm³/mol. The third kappa shape index (κ3) is 4.11. The van der Waals surface area contributed by atoms with E-state index in [-0.39, 0.29) is 0 Å². The minimum Gasteiger partial charge on any atom is -0.373 e. The maximum absolute atomic E-state index is 5.99. The largest absolute Gasteiger partial charge is 0.373 e. The summed E-state index contributed by atoms with van der Waals surface area (Å²) in [6.07, 6.45) is 1.92. The SMILES string of the molecule is CCCc1nc(NC)cc(Sc2cccc(Cl)c2)n1. The number of nitrogens with zero attached hydrogens (tertiary/aromatic N) is 2. The number of benzene rings is 1. The van der Waals surface area contributed by atoms with Crippen LogP contribution in [0.3, 0.4) is 0 Å². The first-order chi connectivity index (χ1) is 9.21. The average Bonchev–Trinajstić information content (AvgIpc) is 2.39. The van der Waals surface area contributed by atoms with Crippen molar-refractivity contribution < 1.29 is 0 Å². The molecule has 5 heteroatoms. The molecule has 2 aromatic rings. The molecule has 0 atom stereocenters. The molecule has 0 aliphatic rings. The predicted octanol–water partition coefficient (Wildman–Crippen LogP) is 4.28. The van der Waals surface area contributed by atoms with Crippen LogP contribution in [-0.2, 0) is 6.42 Å². The van der Waals surface area contributed by atoms with E-state index in [4.69, 9.17) is 11.6 Å². The number of nitrogens with one attached hydrogen (secondary N) is 1. The van der Waals surface area contributed by atoms with Gasteiger partial charge in [0, 0.05) is 29.5 Å². The van der Waals surface area contributed by atoms with Gasteiger partial charge in [-0.05, 0) is 24.6 Å². The highest BCUT2D eigenvalue weighted by molar-refractivity contribution is 7.99. The Bertz CT molecular complexity index is 560. The van der Waals surface area contributed by atoms with Crippen LogP contribution in [0.5, 0.6) is 0 Å². The average molecular weight is 294 g/mol. The number of halogens is 1. The van der Waals surface area contributed by atoms with Crippen molar-refractivity contribution in [1.29, 1.82) is 0 Å². The van der Waals surface area contributed by atoms with E-state index in [1.807, 2.05) is 37.4 Å². The zero-order valence-electron chi connectivity index (χ0n) is 11.0. The lowest BCUT2D eigenvalue weighted by atomic mass is 10.3. The topological polar surface area (TPSA) is 37.8 Å². The van der Waals surface area contributed by atoms with Crippen molar-refractivity contribution in [1.82, 2.24) is 9.97 Å². The maximum atomic E-state index is 5.99. The Morgan fingerprint density at radius 3 is 2.79 bits per heavy atom. The number of hydrogen-bond acceptors (Lipinski definition) is 4. The molecule has 0 aliphatic heterocycles. The fourth-order valence-corrected chi connectivity index (χ4v) is 2.79. The number of anilines is 1. The van der Waals surface area contributed by atoms with Gasteiger partial charge in [0.25, 0.3) is 0 Å². The molecule has 2 rings (SSSR count). The molecule has 0 amide bonds. The van der Waals surface area contributed by atoms with E-state index in [1.54, 1.807) is 11.8 Å². The van der Waals surface area contributed by atoms with Crippen LogP contribution >= 0.6 is 23.4 Å². The molecule has 1 heterocycles.